The number of hydrogen-bond donors (Lipinski definition) is 2. The summed E-state index contributed by atoms with van der Waals surface area (Å²) in [5.41, 5.74) is 0.213. The van der Waals surface area contributed by atoms with E-state index < -0.39 is 0 Å². The zero-order chi connectivity index (χ0) is 13.5. The van der Waals surface area contributed by atoms with Gasteiger partial charge in [0.1, 0.15) is 11.5 Å². The minimum absolute atomic E-state index is 0.0743. The number of aromatic nitrogens is 1. The highest BCUT2D eigenvalue weighted by Gasteiger charge is 2.19. The third-order valence-corrected chi connectivity index (χ3v) is 2.76. The van der Waals surface area contributed by atoms with Crippen LogP contribution in [0.3, 0.4) is 0 Å². The molecule has 0 aliphatic carbocycles. The molecule has 0 spiro atoms. The molecular weight excluding hydrogens is 254 g/mol. The van der Waals surface area contributed by atoms with Gasteiger partial charge in [0.15, 0.2) is 0 Å². The molecule has 18 heavy (non-hydrogen) atoms. The Kier molecular flexibility index (Phi) is 5.88. The summed E-state index contributed by atoms with van der Waals surface area (Å²) >= 11 is 5.99. The molecule has 5 nitrogen and oxygen atoms in total. The summed E-state index contributed by atoms with van der Waals surface area (Å²) in [4.78, 5) is 18.0. The second kappa shape index (κ2) is 7.18. The number of hydrogen-bond acceptors (Lipinski definition) is 4. The normalized spacial score (nSPS) is 10.2. The maximum atomic E-state index is 12.3. The van der Waals surface area contributed by atoms with Crippen LogP contribution < -0.4 is 5.32 Å². The van der Waals surface area contributed by atoms with Crippen LogP contribution in [0, 0.1) is 0 Å². The molecule has 0 radical (unpaired) electrons. The molecular formula is C12H18ClN3O2. The topological polar surface area (TPSA) is 65.5 Å². The van der Waals surface area contributed by atoms with E-state index in [0.717, 1.165) is 6.42 Å². The van der Waals surface area contributed by atoms with Crippen LogP contribution in [-0.2, 0) is 0 Å². The van der Waals surface area contributed by atoms with Crippen molar-refractivity contribution in [2.75, 3.05) is 32.1 Å². The molecule has 100 valence electrons. The first-order chi connectivity index (χ1) is 8.63. The summed E-state index contributed by atoms with van der Waals surface area (Å²) in [6.07, 6.45) is 0.815. The molecule has 0 aliphatic rings. The van der Waals surface area contributed by atoms with Crippen molar-refractivity contribution in [3.05, 3.63) is 22.8 Å². The van der Waals surface area contributed by atoms with Crippen LogP contribution in [-0.4, -0.2) is 47.6 Å². The van der Waals surface area contributed by atoms with E-state index in [-0.39, 0.29) is 24.8 Å². The highest BCUT2D eigenvalue weighted by Crippen LogP contribution is 2.18. The summed E-state index contributed by atoms with van der Waals surface area (Å²) in [6, 6.07) is 3.34. The van der Waals surface area contributed by atoms with Crippen LogP contribution in [0.25, 0.3) is 0 Å². The van der Waals surface area contributed by atoms with Crippen molar-refractivity contribution in [2.24, 2.45) is 0 Å². The molecule has 1 rings (SSSR count). The van der Waals surface area contributed by atoms with Gasteiger partial charge in [0.2, 0.25) is 0 Å². The lowest BCUT2D eigenvalue weighted by Gasteiger charge is -2.21. The van der Waals surface area contributed by atoms with Crippen molar-refractivity contribution in [3.8, 4) is 0 Å². The fraction of sp³-hybridized carbons (Fsp3) is 0.500. The lowest BCUT2D eigenvalue weighted by atomic mass is 10.3. The van der Waals surface area contributed by atoms with Crippen molar-refractivity contribution in [2.45, 2.75) is 13.3 Å². The average molecular weight is 272 g/mol. The first kappa shape index (κ1) is 14.7. The maximum absolute atomic E-state index is 12.3. The molecule has 0 saturated carbocycles. The molecule has 1 aromatic rings. The van der Waals surface area contributed by atoms with Gasteiger partial charge in [-0.15, -0.1) is 0 Å². The third-order valence-electron chi connectivity index (χ3n) is 2.46. The van der Waals surface area contributed by atoms with Crippen molar-refractivity contribution in [1.29, 1.82) is 0 Å². The minimum atomic E-state index is -0.256. The zero-order valence-electron chi connectivity index (χ0n) is 10.6. The number of rotatable bonds is 6. The smallest absolute Gasteiger partial charge is 0.274 e. The quantitative estimate of drug-likeness (QED) is 0.825. The van der Waals surface area contributed by atoms with E-state index in [1.165, 1.54) is 0 Å². The molecule has 0 unspecified atom stereocenters. The average Bonchev–Trinajstić information content (AvgIpc) is 2.38. The summed E-state index contributed by atoms with van der Waals surface area (Å²) < 4.78 is 0. The van der Waals surface area contributed by atoms with Crippen molar-refractivity contribution in [1.82, 2.24) is 9.88 Å². The molecule has 1 heterocycles. The van der Waals surface area contributed by atoms with E-state index >= 15 is 0 Å². The monoisotopic (exact) mass is 271 g/mol. The standard InChI is InChI=1S/C12H18ClN3O2/c1-3-6-16(7-8-17)12(18)11-9(13)4-5-10(14-2)15-11/h4-5,17H,3,6-8H2,1-2H3,(H,14,15). The summed E-state index contributed by atoms with van der Waals surface area (Å²) in [7, 11) is 1.72. The van der Waals surface area contributed by atoms with Crippen LogP contribution in [0.1, 0.15) is 23.8 Å². The predicted octanol–water partition coefficient (Wildman–Crippen LogP) is 1.62. The number of aliphatic hydroxyl groups excluding tert-OH is 1. The van der Waals surface area contributed by atoms with Gasteiger partial charge in [-0.25, -0.2) is 4.98 Å². The van der Waals surface area contributed by atoms with Crippen LogP contribution in [0.4, 0.5) is 5.82 Å². The van der Waals surface area contributed by atoms with Gasteiger partial charge in [-0.3, -0.25) is 4.79 Å². The van der Waals surface area contributed by atoms with Crippen LogP contribution in [0.2, 0.25) is 5.02 Å². The molecule has 1 aromatic heterocycles. The van der Waals surface area contributed by atoms with E-state index in [2.05, 4.69) is 10.3 Å². The number of halogens is 1. The SMILES string of the molecule is CCCN(CCO)C(=O)c1nc(NC)ccc1Cl. The van der Waals surface area contributed by atoms with Gasteiger partial charge >= 0.3 is 0 Å². The molecule has 0 aliphatic heterocycles. The number of anilines is 1. The number of nitrogens with zero attached hydrogens (tertiary/aromatic N) is 2. The van der Waals surface area contributed by atoms with Crippen LogP contribution in [0.5, 0.6) is 0 Å². The Morgan fingerprint density at radius 1 is 1.50 bits per heavy atom. The van der Waals surface area contributed by atoms with Gasteiger partial charge < -0.3 is 15.3 Å². The number of nitrogens with one attached hydrogen (secondary N) is 1. The number of carbonyl (C=O) groups excluding carboxylic acids is 1. The summed E-state index contributed by atoms with van der Waals surface area (Å²) in [6.45, 7) is 2.75. The number of amides is 1. The molecule has 1 amide bonds. The second-order valence-corrected chi connectivity index (χ2v) is 4.20. The number of carbonyl (C=O) groups is 1. The Balaban J connectivity index is 2.99. The lowest BCUT2D eigenvalue weighted by Crippen LogP contribution is -2.35. The summed E-state index contributed by atoms with van der Waals surface area (Å²) in [5.74, 6) is 0.330. The summed E-state index contributed by atoms with van der Waals surface area (Å²) in [5, 5.41) is 12.1. The van der Waals surface area contributed by atoms with Gasteiger partial charge in [-0.1, -0.05) is 18.5 Å². The molecule has 2 N–H and O–H groups in total. The molecule has 0 atom stereocenters. The van der Waals surface area contributed by atoms with Gasteiger partial charge in [0.05, 0.1) is 11.6 Å². The van der Waals surface area contributed by atoms with E-state index in [9.17, 15) is 4.79 Å². The Labute approximate surface area is 112 Å². The van der Waals surface area contributed by atoms with E-state index in [0.29, 0.717) is 17.4 Å². The first-order valence-electron chi connectivity index (χ1n) is 5.88. The second-order valence-electron chi connectivity index (χ2n) is 3.79. The Bertz CT molecular complexity index is 406. The van der Waals surface area contributed by atoms with Crippen LogP contribution in [0.15, 0.2) is 12.1 Å². The third kappa shape index (κ3) is 3.58. The Morgan fingerprint density at radius 2 is 2.22 bits per heavy atom. The number of aliphatic hydroxyl groups is 1. The van der Waals surface area contributed by atoms with E-state index in [1.807, 2.05) is 6.92 Å². The van der Waals surface area contributed by atoms with Gasteiger partial charge in [0.25, 0.3) is 5.91 Å². The molecule has 0 saturated heterocycles. The fourth-order valence-electron chi connectivity index (χ4n) is 1.59. The zero-order valence-corrected chi connectivity index (χ0v) is 11.4. The van der Waals surface area contributed by atoms with Gasteiger partial charge in [0, 0.05) is 20.1 Å². The first-order valence-corrected chi connectivity index (χ1v) is 6.26. The van der Waals surface area contributed by atoms with Crippen LogP contribution >= 0.6 is 11.6 Å². The maximum Gasteiger partial charge on any atom is 0.274 e. The highest BCUT2D eigenvalue weighted by molar-refractivity contribution is 6.33. The lowest BCUT2D eigenvalue weighted by molar-refractivity contribution is 0.0716. The Hall–Kier alpha value is -1.33. The van der Waals surface area contributed by atoms with Crippen molar-refractivity contribution < 1.29 is 9.90 Å². The molecule has 0 bridgehead atoms. The largest absolute Gasteiger partial charge is 0.395 e. The number of pyridine rings is 1. The van der Waals surface area contributed by atoms with Gasteiger partial charge in [-0.05, 0) is 18.6 Å². The highest BCUT2D eigenvalue weighted by atomic mass is 35.5. The minimum Gasteiger partial charge on any atom is -0.395 e. The predicted molar refractivity (Wildman–Crippen MR) is 72.1 cm³/mol. The van der Waals surface area contributed by atoms with E-state index in [4.69, 9.17) is 16.7 Å². The molecule has 6 heteroatoms. The van der Waals surface area contributed by atoms with Crippen molar-refractivity contribution in [3.63, 3.8) is 0 Å². The molecule has 0 fully saturated rings. The Morgan fingerprint density at radius 3 is 2.78 bits per heavy atom. The molecule has 0 aromatic carbocycles. The fourth-order valence-corrected chi connectivity index (χ4v) is 1.77. The van der Waals surface area contributed by atoms with Gasteiger partial charge in [-0.2, -0.15) is 0 Å². The van der Waals surface area contributed by atoms with E-state index in [1.54, 1.807) is 24.1 Å². The van der Waals surface area contributed by atoms with Crippen molar-refractivity contribution >= 4 is 23.3 Å².